The number of benzene rings is 2. The number of aromatic nitrogens is 2. The van der Waals surface area contributed by atoms with Gasteiger partial charge in [-0.15, -0.1) is 0 Å². The number of hydrogen-bond donors (Lipinski definition) is 4. The predicted molar refractivity (Wildman–Crippen MR) is 100 cm³/mol. The molecule has 0 aliphatic rings. The molecule has 0 saturated heterocycles. The van der Waals surface area contributed by atoms with Gasteiger partial charge in [-0.2, -0.15) is 5.10 Å². The minimum Gasteiger partial charge on any atom is -0.365 e. The highest BCUT2D eigenvalue weighted by Gasteiger charge is 2.18. The number of hydrogen-bond acceptors (Lipinski definition) is 4. The summed E-state index contributed by atoms with van der Waals surface area (Å²) in [7, 11) is 0. The van der Waals surface area contributed by atoms with Crippen LogP contribution in [0.15, 0.2) is 48.5 Å². The van der Waals surface area contributed by atoms with Crippen molar-refractivity contribution in [1.82, 2.24) is 10.2 Å². The fraction of sp³-hybridized carbons (Fsp3) is 0.111. The number of carbonyl (C=O) groups excluding carboxylic acids is 1. The molecule has 0 bridgehead atoms. The van der Waals surface area contributed by atoms with E-state index in [0.29, 0.717) is 23.2 Å². The topological polar surface area (TPSA) is 95.8 Å². The summed E-state index contributed by atoms with van der Waals surface area (Å²) in [6, 6.07) is 15.1. The van der Waals surface area contributed by atoms with Gasteiger partial charge in [0, 0.05) is 17.3 Å². The van der Waals surface area contributed by atoms with Crippen molar-refractivity contribution < 1.29 is 4.79 Å². The number of nitrogens with one attached hydrogen (secondary N) is 3. The highest BCUT2D eigenvalue weighted by atomic mass is 35.5. The number of carbonyl (C=O) groups is 1. The first kappa shape index (κ1) is 16.9. The Bertz CT molecular complexity index is 906. The van der Waals surface area contributed by atoms with Crippen molar-refractivity contribution in [3.63, 3.8) is 0 Å². The van der Waals surface area contributed by atoms with Crippen molar-refractivity contribution in [1.29, 1.82) is 0 Å². The van der Waals surface area contributed by atoms with Crippen LogP contribution in [0.4, 0.5) is 17.3 Å². The van der Waals surface area contributed by atoms with E-state index in [0.717, 1.165) is 16.8 Å². The van der Waals surface area contributed by atoms with Crippen LogP contribution in [0.25, 0.3) is 0 Å². The second kappa shape index (κ2) is 7.27. The van der Waals surface area contributed by atoms with Crippen molar-refractivity contribution in [2.24, 2.45) is 5.73 Å². The first-order valence-electron chi connectivity index (χ1n) is 7.73. The van der Waals surface area contributed by atoms with Crippen LogP contribution in [0.1, 0.15) is 21.5 Å². The van der Waals surface area contributed by atoms with Gasteiger partial charge in [0.1, 0.15) is 11.4 Å². The fourth-order valence-corrected chi connectivity index (χ4v) is 2.69. The van der Waals surface area contributed by atoms with Crippen LogP contribution < -0.4 is 16.4 Å². The minimum atomic E-state index is -0.578. The molecule has 128 valence electrons. The predicted octanol–water partition coefficient (Wildman–Crippen LogP) is 3.83. The van der Waals surface area contributed by atoms with E-state index >= 15 is 0 Å². The number of rotatable bonds is 6. The molecule has 3 rings (SSSR count). The molecule has 0 aliphatic carbocycles. The van der Waals surface area contributed by atoms with Crippen LogP contribution >= 0.6 is 11.6 Å². The van der Waals surface area contributed by atoms with Crippen molar-refractivity contribution in [2.45, 2.75) is 13.5 Å². The number of H-pyrrole nitrogens is 1. The van der Waals surface area contributed by atoms with Gasteiger partial charge in [0.15, 0.2) is 5.82 Å². The summed E-state index contributed by atoms with van der Waals surface area (Å²) in [6.07, 6.45) is 0. The summed E-state index contributed by atoms with van der Waals surface area (Å²) < 4.78 is 0. The standard InChI is InChI=1S/C18H18ClN5O/c1-11-5-2-3-6-12(11)10-21-17-15(16(20)25)18(24-23-17)22-14-8-4-7-13(19)9-14/h2-9H,10H2,1H3,(H2,20,25)(H3,21,22,23,24). The molecule has 25 heavy (non-hydrogen) atoms. The molecule has 5 N–H and O–H groups in total. The third kappa shape index (κ3) is 3.92. The number of anilines is 3. The molecule has 6 nitrogen and oxygen atoms in total. The zero-order valence-corrected chi connectivity index (χ0v) is 14.4. The lowest BCUT2D eigenvalue weighted by molar-refractivity contribution is 0.100. The van der Waals surface area contributed by atoms with E-state index in [2.05, 4.69) is 20.8 Å². The second-order valence-electron chi connectivity index (χ2n) is 5.60. The van der Waals surface area contributed by atoms with E-state index in [1.807, 2.05) is 43.3 Å². The SMILES string of the molecule is Cc1ccccc1CNc1n[nH]c(Nc2cccc(Cl)c2)c1C(N)=O. The van der Waals surface area contributed by atoms with Gasteiger partial charge >= 0.3 is 0 Å². The van der Waals surface area contributed by atoms with E-state index in [1.54, 1.807) is 12.1 Å². The van der Waals surface area contributed by atoms with Gasteiger partial charge in [-0.05, 0) is 36.2 Å². The highest BCUT2D eigenvalue weighted by Crippen LogP contribution is 2.26. The Morgan fingerprint density at radius 2 is 2.04 bits per heavy atom. The molecule has 0 spiro atoms. The second-order valence-corrected chi connectivity index (χ2v) is 6.04. The third-order valence-electron chi connectivity index (χ3n) is 3.81. The van der Waals surface area contributed by atoms with Gasteiger partial charge in [-0.25, -0.2) is 0 Å². The molecule has 0 atom stereocenters. The first-order valence-corrected chi connectivity index (χ1v) is 8.11. The molecule has 7 heteroatoms. The van der Waals surface area contributed by atoms with Crippen LogP contribution in [0, 0.1) is 6.92 Å². The zero-order valence-electron chi connectivity index (χ0n) is 13.6. The maximum Gasteiger partial charge on any atom is 0.256 e. The van der Waals surface area contributed by atoms with Gasteiger partial charge < -0.3 is 16.4 Å². The number of aromatic amines is 1. The zero-order chi connectivity index (χ0) is 17.8. The first-order chi connectivity index (χ1) is 12.0. The van der Waals surface area contributed by atoms with Crippen molar-refractivity contribution in [3.05, 3.63) is 70.2 Å². The molecule has 1 heterocycles. The Labute approximate surface area is 150 Å². The summed E-state index contributed by atoms with van der Waals surface area (Å²) in [6.45, 7) is 2.57. The summed E-state index contributed by atoms with van der Waals surface area (Å²) >= 11 is 5.98. The fourth-order valence-electron chi connectivity index (χ4n) is 2.50. The Morgan fingerprint density at radius 1 is 1.24 bits per heavy atom. The Kier molecular flexibility index (Phi) is 4.90. The Morgan fingerprint density at radius 3 is 2.76 bits per heavy atom. The van der Waals surface area contributed by atoms with Crippen LogP contribution in [0.3, 0.4) is 0 Å². The monoisotopic (exact) mass is 355 g/mol. The molecular formula is C18H18ClN5O. The molecule has 2 aromatic carbocycles. The molecule has 0 fully saturated rings. The molecule has 1 amide bonds. The normalized spacial score (nSPS) is 10.5. The van der Waals surface area contributed by atoms with Crippen molar-refractivity contribution in [3.8, 4) is 0 Å². The third-order valence-corrected chi connectivity index (χ3v) is 4.05. The maximum absolute atomic E-state index is 11.9. The summed E-state index contributed by atoms with van der Waals surface area (Å²) in [4.78, 5) is 11.9. The quantitative estimate of drug-likeness (QED) is 0.540. The highest BCUT2D eigenvalue weighted by molar-refractivity contribution is 6.30. The minimum absolute atomic E-state index is 0.272. The van der Waals surface area contributed by atoms with E-state index in [4.69, 9.17) is 17.3 Å². The molecule has 0 saturated carbocycles. The largest absolute Gasteiger partial charge is 0.365 e. The smallest absolute Gasteiger partial charge is 0.256 e. The number of primary amides is 1. The molecule has 0 unspecified atom stereocenters. The molecular weight excluding hydrogens is 338 g/mol. The van der Waals surface area contributed by atoms with Crippen LogP contribution in [0.5, 0.6) is 0 Å². The van der Waals surface area contributed by atoms with Gasteiger partial charge in [-0.1, -0.05) is 41.9 Å². The number of aryl methyl sites for hydroxylation is 1. The van der Waals surface area contributed by atoms with Gasteiger partial charge in [0.05, 0.1) is 0 Å². The summed E-state index contributed by atoms with van der Waals surface area (Å²) in [5.74, 6) is 0.243. The lowest BCUT2D eigenvalue weighted by Crippen LogP contribution is -2.15. The van der Waals surface area contributed by atoms with Gasteiger partial charge in [0.25, 0.3) is 5.91 Å². The van der Waals surface area contributed by atoms with E-state index in [1.165, 1.54) is 0 Å². The average molecular weight is 356 g/mol. The van der Waals surface area contributed by atoms with Crippen LogP contribution in [-0.4, -0.2) is 16.1 Å². The molecule has 0 aliphatic heterocycles. The van der Waals surface area contributed by atoms with Gasteiger partial charge in [0.2, 0.25) is 0 Å². The molecule has 3 aromatic rings. The van der Waals surface area contributed by atoms with Crippen molar-refractivity contribution in [2.75, 3.05) is 10.6 Å². The van der Waals surface area contributed by atoms with E-state index in [9.17, 15) is 4.79 Å². The summed E-state index contributed by atoms with van der Waals surface area (Å²) in [5.41, 5.74) is 8.81. The summed E-state index contributed by atoms with van der Waals surface area (Å²) in [5, 5.41) is 13.8. The molecule has 0 radical (unpaired) electrons. The number of amides is 1. The average Bonchev–Trinajstić information content (AvgIpc) is 2.97. The lowest BCUT2D eigenvalue weighted by Gasteiger charge is -2.09. The Hall–Kier alpha value is -2.99. The number of nitrogens with zero attached hydrogens (tertiary/aromatic N) is 1. The lowest BCUT2D eigenvalue weighted by atomic mass is 10.1. The Balaban J connectivity index is 1.82. The van der Waals surface area contributed by atoms with Crippen LogP contribution in [-0.2, 0) is 6.54 Å². The van der Waals surface area contributed by atoms with Crippen molar-refractivity contribution >= 4 is 34.8 Å². The number of nitrogens with two attached hydrogens (primary N) is 1. The van der Waals surface area contributed by atoms with E-state index < -0.39 is 5.91 Å². The van der Waals surface area contributed by atoms with Gasteiger partial charge in [-0.3, -0.25) is 9.89 Å². The van der Waals surface area contributed by atoms with E-state index in [-0.39, 0.29) is 5.56 Å². The van der Waals surface area contributed by atoms with Crippen LogP contribution in [0.2, 0.25) is 5.02 Å². The maximum atomic E-state index is 11.9. The number of halogens is 1. The molecule has 1 aromatic heterocycles.